The Morgan fingerprint density at radius 1 is 1.00 bits per heavy atom. The molecule has 0 atom stereocenters. The van der Waals surface area contributed by atoms with Gasteiger partial charge < -0.3 is 9.80 Å². The van der Waals surface area contributed by atoms with Gasteiger partial charge in [0.1, 0.15) is 5.82 Å². The van der Waals surface area contributed by atoms with Crippen LogP contribution in [0.3, 0.4) is 0 Å². The van der Waals surface area contributed by atoms with Gasteiger partial charge in [-0.2, -0.15) is 9.78 Å². The van der Waals surface area contributed by atoms with Gasteiger partial charge in [0.05, 0.1) is 16.3 Å². The first-order chi connectivity index (χ1) is 16.0. The molecule has 1 aromatic carbocycles. The molecule has 4 aromatic rings. The Kier molecular flexibility index (Phi) is 5.55. The van der Waals surface area contributed by atoms with E-state index in [0.717, 1.165) is 27.6 Å². The smallest absolute Gasteiger partial charge is 0.274 e. The fourth-order valence-electron chi connectivity index (χ4n) is 3.90. The molecule has 3 aromatic heterocycles. The second-order valence-electron chi connectivity index (χ2n) is 8.13. The third-order valence-corrected chi connectivity index (χ3v) is 6.90. The van der Waals surface area contributed by atoms with Crippen molar-refractivity contribution in [2.24, 2.45) is 0 Å². The van der Waals surface area contributed by atoms with Crippen molar-refractivity contribution in [3.8, 4) is 16.3 Å². The number of thiophene rings is 1. The topological polar surface area (TPSA) is 87.1 Å². The molecule has 4 heterocycles. The zero-order chi connectivity index (χ0) is 22.9. The summed E-state index contributed by atoms with van der Waals surface area (Å²) in [5.41, 5.74) is 4.13. The number of hydrogen-bond acceptors (Lipinski definition) is 6. The van der Waals surface area contributed by atoms with Crippen molar-refractivity contribution in [2.75, 3.05) is 31.1 Å². The van der Waals surface area contributed by atoms with Crippen molar-refractivity contribution >= 4 is 23.1 Å². The number of rotatable bonds is 4. The van der Waals surface area contributed by atoms with Crippen molar-refractivity contribution in [2.45, 2.75) is 13.8 Å². The molecule has 1 amide bonds. The predicted octanol–water partition coefficient (Wildman–Crippen LogP) is 3.26. The number of hydrogen-bond donors (Lipinski definition) is 1. The second kappa shape index (κ2) is 8.67. The quantitative estimate of drug-likeness (QED) is 0.505. The average molecular weight is 461 g/mol. The maximum atomic E-state index is 12.9. The first kappa shape index (κ1) is 21.1. The van der Waals surface area contributed by atoms with Crippen LogP contribution in [0.5, 0.6) is 0 Å². The lowest BCUT2D eigenvalue weighted by atomic mass is 10.1. The van der Waals surface area contributed by atoms with Crippen molar-refractivity contribution in [1.82, 2.24) is 24.9 Å². The molecule has 8 nitrogen and oxygen atoms in total. The summed E-state index contributed by atoms with van der Waals surface area (Å²) in [4.78, 5) is 30.4. The Morgan fingerprint density at radius 2 is 1.82 bits per heavy atom. The molecule has 1 fully saturated rings. The highest BCUT2D eigenvalue weighted by atomic mass is 32.1. The van der Waals surface area contributed by atoms with E-state index in [9.17, 15) is 9.59 Å². The maximum absolute atomic E-state index is 12.9. The summed E-state index contributed by atoms with van der Waals surface area (Å²) in [7, 11) is 0. The van der Waals surface area contributed by atoms with Crippen LogP contribution in [-0.4, -0.2) is 57.0 Å². The first-order valence-electron chi connectivity index (χ1n) is 10.8. The molecule has 33 heavy (non-hydrogen) atoms. The number of nitrogens with one attached hydrogen (secondary N) is 1. The standard InChI is InChI=1S/C24H24N6O2S/c1-16-5-6-18(14-17(16)2)30-23(31)8-7-22(27-30)28-9-11-29(12-10-28)24(32)20-15-19(25-26-20)21-4-3-13-33-21/h3-8,13-15H,9-12H2,1-2H3,(H,25,26). The van der Waals surface area contributed by atoms with Crippen molar-refractivity contribution in [1.29, 1.82) is 0 Å². The number of carbonyl (C=O) groups is 1. The van der Waals surface area contributed by atoms with E-state index >= 15 is 0 Å². The normalized spacial score (nSPS) is 14.0. The number of carbonyl (C=O) groups excluding carboxylic acids is 1. The van der Waals surface area contributed by atoms with Gasteiger partial charge in [-0.25, -0.2) is 0 Å². The lowest BCUT2D eigenvalue weighted by molar-refractivity contribution is 0.0740. The van der Waals surface area contributed by atoms with Crippen LogP contribution in [0, 0.1) is 13.8 Å². The number of amides is 1. The van der Waals surface area contributed by atoms with Crippen LogP contribution < -0.4 is 10.5 Å². The van der Waals surface area contributed by atoms with Gasteiger partial charge in [0.2, 0.25) is 0 Å². The van der Waals surface area contributed by atoms with Crippen LogP contribution in [0.1, 0.15) is 21.6 Å². The van der Waals surface area contributed by atoms with E-state index in [1.165, 1.54) is 10.2 Å². The number of benzene rings is 1. The van der Waals surface area contributed by atoms with Crippen LogP contribution in [0.15, 0.2) is 58.7 Å². The molecule has 0 bridgehead atoms. The highest BCUT2D eigenvalue weighted by Crippen LogP contribution is 2.24. The van der Waals surface area contributed by atoms with E-state index in [1.54, 1.807) is 23.5 Å². The van der Waals surface area contributed by atoms with Crippen molar-refractivity contribution in [3.05, 3.63) is 81.1 Å². The van der Waals surface area contributed by atoms with Gasteiger partial charge in [-0.05, 0) is 60.7 Å². The lowest BCUT2D eigenvalue weighted by Gasteiger charge is -2.35. The van der Waals surface area contributed by atoms with Crippen LogP contribution in [0.4, 0.5) is 5.82 Å². The average Bonchev–Trinajstić information content (AvgIpc) is 3.53. The molecule has 1 saturated heterocycles. The minimum Gasteiger partial charge on any atom is -0.352 e. The fourth-order valence-corrected chi connectivity index (χ4v) is 4.59. The number of aryl methyl sites for hydroxylation is 2. The summed E-state index contributed by atoms with van der Waals surface area (Å²) in [6.45, 7) is 6.44. The zero-order valence-corrected chi connectivity index (χ0v) is 19.3. The van der Waals surface area contributed by atoms with E-state index < -0.39 is 0 Å². The summed E-state index contributed by atoms with van der Waals surface area (Å²) < 4.78 is 1.44. The van der Waals surface area contributed by atoms with Gasteiger partial charge in [0, 0.05) is 32.2 Å². The summed E-state index contributed by atoms with van der Waals surface area (Å²) in [5, 5.41) is 13.8. The van der Waals surface area contributed by atoms with Gasteiger partial charge >= 0.3 is 0 Å². The summed E-state index contributed by atoms with van der Waals surface area (Å²) in [6.07, 6.45) is 0. The summed E-state index contributed by atoms with van der Waals surface area (Å²) in [5.74, 6) is 0.640. The van der Waals surface area contributed by atoms with Gasteiger partial charge in [-0.15, -0.1) is 16.4 Å². The number of piperazine rings is 1. The highest BCUT2D eigenvalue weighted by molar-refractivity contribution is 7.13. The molecule has 5 rings (SSSR count). The van der Waals surface area contributed by atoms with E-state index in [0.29, 0.717) is 31.9 Å². The molecular formula is C24H24N6O2S. The monoisotopic (exact) mass is 460 g/mol. The molecule has 0 spiro atoms. The lowest BCUT2D eigenvalue weighted by Crippen LogP contribution is -2.49. The number of anilines is 1. The Labute approximate surface area is 195 Å². The summed E-state index contributed by atoms with van der Waals surface area (Å²) in [6, 6.07) is 14.9. The van der Waals surface area contributed by atoms with Crippen molar-refractivity contribution in [3.63, 3.8) is 0 Å². The Morgan fingerprint density at radius 3 is 2.55 bits per heavy atom. The highest BCUT2D eigenvalue weighted by Gasteiger charge is 2.25. The molecule has 168 valence electrons. The van der Waals surface area contributed by atoms with Gasteiger partial charge in [-0.1, -0.05) is 12.1 Å². The molecule has 0 radical (unpaired) electrons. The molecule has 9 heteroatoms. The third kappa shape index (κ3) is 4.19. The Bertz CT molecular complexity index is 1350. The largest absolute Gasteiger partial charge is 0.352 e. The third-order valence-electron chi connectivity index (χ3n) is 6.00. The number of aromatic amines is 1. The first-order valence-corrected chi connectivity index (χ1v) is 11.7. The number of nitrogens with zero attached hydrogens (tertiary/aromatic N) is 5. The molecule has 1 aliphatic rings. The van der Waals surface area contributed by atoms with Crippen LogP contribution >= 0.6 is 11.3 Å². The summed E-state index contributed by atoms with van der Waals surface area (Å²) >= 11 is 1.60. The van der Waals surface area contributed by atoms with Crippen LogP contribution in [-0.2, 0) is 0 Å². The van der Waals surface area contributed by atoms with Crippen LogP contribution in [0.2, 0.25) is 0 Å². The minimum atomic E-state index is -0.170. The molecule has 1 aliphatic heterocycles. The molecule has 1 N–H and O–H groups in total. The van der Waals surface area contributed by atoms with Crippen LogP contribution in [0.25, 0.3) is 16.3 Å². The van der Waals surface area contributed by atoms with Crippen molar-refractivity contribution < 1.29 is 4.79 Å². The zero-order valence-electron chi connectivity index (χ0n) is 18.5. The maximum Gasteiger partial charge on any atom is 0.274 e. The van der Waals surface area contributed by atoms with E-state index in [4.69, 9.17) is 0 Å². The molecular weight excluding hydrogens is 436 g/mol. The molecule has 0 unspecified atom stereocenters. The van der Waals surface area contributed by atoms with Gasteiger partial charge in [-0.3, -0.25) is 14.7 Å². The van der Waals surface area contributed by atoms with Gasteiger partial charge in [0.15, 0.2) is 5.69 Å². The predicted molar refractivity (Wildman–Crippen MR) is 129 cm³/mol. The Balaban J connectivity index is 1.29. The minimum absolute atomic E-state index is 0.0817. The fraction of sp³-hybridized carbons (Fsp3) is 0.250. The van der Waals surface area contributed by atoms with E-state index in [-0.39, 0.29) is 11.5 Å². The number of aromatic nitrogens is 4. The second-order valence-corrected chi connectivity index (χ2v) is 9.08. The number of H-pyrrole nitrogens is 1. The molecule has 0 saturated carbocycles. The SMILES string of the molecule is Cc1ccc(-n2nc(N3CCN(C(=O)c4cc(-c5cccs5)[nH]n4)CC3)ccc2=O)cc1C. The molecule has 0 aliphatic carbocycles. The Hall–Kier alpha value is -3.72. The van der Waals surface area contributed by atoms with E-state index in [1.807, 2.05) is 60.5 Å². The van der Waals surface area contributed by atoms with Gasteiger partial charge in [0.25, 0.3) is 11.5 Å². The van der Waals surface area contributed by atoms with E-state index in [2.05, 4.69) is 20.2 Å².